The van der Waals surface area contributed by atoms with Crippen LogP contribution >= 0.6 is 11.8 Å². The lowest BCUT2D eigenvalue weighted by Crippen LogP contribution is -2.46. The lowest BCUT2D eigenvalue weighted by molar-refractivity contribution is -0.120. The Morgan fingerprint density at radius 3 is 3.29 bits per heavy atom. The molecule has 4 N–H and O–H groups in total. The van der Waals surface area contributed by atoms with Crippen molar-refractivity contribution >= 4 is 34.7 Å². The van der Waals surface area contributed by atoms with E-state index in [1.807, 2.05) is 0 Å². The maximum atomic E-state index is 12.1. The van der Waals surface area contributed by atoms with Crippen molar-refractivity contribution in [1.29, 1.82) is 0 Å². The Hall–Kier alpha value is -1.87. The minimum atomic E-state index is -0.116. The van der Waals surface area contributed by atoms with Crippen LogP contribution in [0.1, 0.15) is 0 Å². The van der Waals surface area contributed by atoms with Crippen LogP contribution in [0.3, 0.4) is 0 Å². The SMILES string of the molecule is NCCNC(=O)C1CN(c2ncnc3[nH]cnc23)CCS1. The zero-order valence-corrected chi connectivity index (χ0v) is 12.3. The number of imidazole rings is 1. The number of H-pyrrole nitrogens is 1. The molecule has 1 aliphatic heterocycles. The van der Waals surface area contributed by atoms with E-state index >= 15 is 0 Å². The van der Waals surface area contributed by atoms with E-state index in [2.05, 4.69) is 30.2 Å². The van der Waals surface area contributed by atoms with E-state index in [0.29, 0.717) is 25.3 Å². The summed E-state index contributed by atoms with van der Waals surface area (Å²) >= 11 is 1.66. The van der Waals surface area contributed by atoms with E-state index in [-0.39, 0.29) is 11.2 Å². The van der Waals surface area contributed by atoms with Crippen molar-refractivity contribution in [3.05, 3.63) is 12.7 Å². The minimum absolute atomic E-state index is 0.0301. The van der Waals surface area contributed by atoms with Gasteiger partial charge in [-0.15, -0.1) is 11.8 Å². The van der Waals surface area contributed by atoms with Crippen molar-refractivity contribution in [2.45, 2.75) is 5.25 Å². The molecule has 2 aromatic rings. The number of anilines is 1. The summed E-state index contributed by atoms with van der Waals surface area (Å²) in [5.74, 6) is 1.68. The second-order valence-corrected chi connectivity index (χ2v) is 5.99. The first-order valence-electron chi connectivity index (χ1n) is 6.78. The van der Waals surface area contributed by atoms with Crippen molar-refractivity contribution in [2.75, 3.05) is 36.8 Å². The molecule has 1 atom stereocenters. The van der Waals surface area contributed by atoms with Gasteiger partial charge in [-0.3, -0.25) is 4.79 Å². The Morgan fingerprint density at radius 2 is 2.43 bits per heavy atom. The molecular weight excluding hydrogens is 290 g/mol. The van der Waals surface area contributed by atoms with Gasteiger partial charge in [0.05, 0.1) is 6.33 Å². The molecule has 1 amide bonds. The molecule has 0 saturated carbocycles. The van der Waals surface area contributed by atoms with Gasteiger partial charge in [-0.25, -0.2) is 15.0 Å². The fourth-order valence-electron chi connectivity index (χ4n) is 2.29. The van der Waals surface area contributed by atoms with E-state index in [0.717, 1.165) is 23.6 Å². The number of nitrogens with zero attached hydrogens (tertiary/aromatic N) is 4. The Labute approximate surface area is 125 Å². The number of fused-ring (bicyclic) bond motifs is 1. The number of hydrogen-bond donors (Lipinski definition) is 3. The Bertz CT molecular complexity index is 631. The highest BCUT2D eigenvalue weighted by Crippen LogP contribution is 2.26. The molecule has 0 spiro atoms. The standard InChI is InChI=1S/C12H17N7OS/c13-1-2-14-12(20)8-5-19(3-4-21-8)11-9-10(16-6-15-9)17-7-18-11/h6-8H,1-5,13H2,(H,14,20)(H,15,16,17,18). The van der Waals surface area contributed by atoms with Crippen LogP contribution < -0.4 is 16.0 Å². The van der Waals surface area contributed by atoms with Gasteiger partial charge in [-0.2, -0.15) is 0 Å². The number of aromatic nitrogens is 4. The van der Waals surface area contributed by atoms with Crippen molar-refractivity contribution in [3.8, 4) is 0 Å². The van der Waals surface area contributed by atoms with E-state index in [1.165, 1.54) is 6.33 Å². The zero-order valence-electron chi connectivity index (χ0n) is 11.5. The summed E-state index contributed by atoms with van der Waals surface area (Å²) in [4.78, 5) is 29.9. The second-order valence-electron chi connectivity index (χ2n) is 4.68. The van der Waals surface area contributed by atoms with Gasteiger partial charge in [0, 0.05) is 31.9 Å². The first-order chi connectivity index (χ1) is 10.3. The summed E-state index contributed by atoms with van der Waals surface area (Å²) in [5.41, 5.74) is 6.87. The first-order valence-corrected chi connectivity index (χ1v) is 7.83. The number of carbonyl (C=O) groups excluding carboxylic acids is 1. The van der Waals surface area contributed by atoms with Gasteiger partial charge in [-0.1, -0.05) is 0 Å². The summed E-state index contributed by atoms with van der Waals surface area (Å²) in [7, 11) is 0. The summed E-state index contributed by atoms with van der Waals surface area (Å²) in [6.45, 7) is 2.41. The van der Waals surface area contributed by atoms with Crippen molar-refractivity contribution in [3.63, 3.8) is 0 Å². The van der Waals surface area contributed by atoms with Crippen LogP contribution in [0, 0.1) is 0 Å². The van der Waals surface area contributed by atoms with Crippen molar-refractivity contribution in [2.24, 2.45) is 5.73 Å². The monoisotopic (exact) mass is 307 g/mol. The highest BCUT2D eigenvalue weighted by Gasteiger charge is 2.28. The van der Waals surface area contributed by atoms with Gasteiger partial charge >= 0.3 is 0 Å². The summed E-state index contributed by atoms with van der Waals surface area (Å²) < 4.78 is 0. The second kappa shape index (κ2) is 6.27. The van der Waals surface area contributed by atoms with E-state index in [9.17, 15) is 4.79 Å². The molecule has 21 heavy (non-hydrogen) atoms. The first kappa shape index (κ1) is 14.1. The largest absolute Gasteiger partial charge is 0.354 e. The maximum absolute atomic E-state index is 12.1. The topological polar surface area (TPSA) is 113 Å². The third-order valence-corrected chi connectivity index (χ3v) is 4.48. The average molecular weight is 307 g/mol. The van der Waals surface area contributed by atoms with Crippen LogP contribution in [0.5, 0.6) is 0 Å². The highest BCUT2D eigenvalue weighted by atomic mass is 32.2. The van der Waals surface area contributed by atoms with Crippen LogP contribution in [-0.2, 0) is 4.79 Å². The van der Waals surface area contributed by atoms with Gasteiger partial charge in [-0.05, 0) is 0 Å². The van der Waals surface area contributed by atoms with Crippen LogP contribution in [-0.4, -0.2) is 63.0 Å². The van der Waals surface area contributed by atoms with Crippen molar-refractivity contribution < 1.29 is 4.79 Å². The summed E-state index contributed by atoms with van der Waals surface area (Å²) in [6.07, 6.45) is 3.12. The third kappa shape index (κ3) is 2.93. The summed E-state index contributed by atoms with van der Waals surface area (Å²) in [6, 6.07) is 0. The molecule has 3 rings (SSSR count). The molecular formula is C12H17N7OS. The molecule has 1 unspecified atom stereocenters. The number of nitrogens with two attached hydrogens (primary N) is 1. The number of amides is 1. The van der Waals surface area contributed by atoms with E-state index in [4.69, 9.17) is 5.73 Å². The molecule has 8 nitrogen and oxygen atoms in total. The van der Waals surface area contributed by atoms with Crippen LogP contribution in [0.4, 0.5) is 5.82 Å². The fraction of sp³-hybridized carbons (Fsp3) is 0.500. The number of aromatic amines is 1. The quantitative estimate of drug-likeness (QED) is 0.688. The van der Waals surface area contributed by atoms with Crippen LogP contribution in [0.15, 0.2) is 12.7 Å². The van der Waals surface area contributed by atoms with Gasteiger partial charge in [0.15, 0.2) is 11.5 Å². The fourth-order valence-corrected chi connectivity index (χ4v) is 3.42. The molecule has 112 valence electrons. The molecule has 0 radical (unpaired) electrons. The average Bonchev–Trinajstić information content (AvgIpc) is 3.01. The van der Waals surface area contributed by atoms with Crippen molar-refractivity contribution in [1.82, 2.24) is 25.3 Å². The van der Waals surface area contributed by atoms with Gasteiger partial charge in [0.25, 0.3) is 0 Å². The minimum Gasteiger partial charge on any atom is -0.354 e. The Balaban J connectivity index is 1.77. The molecule has 9 heteroatoms. The predicted molar refractivity (Wildman–Crippen MR) is 82.2 cm³/mol. The zero-order chi connectivity index (χ0) is 14.7. The molecule has 3 heterocycles. The molecule has 2 aromatic heterocycles. The number of hydrogen-bond acceptors (Lipinski definition) is 7. The number of nitrogens with one attached hydrogen (secondary N) is 2. The molecule has 0 aromatic carbocycles. The molecule has 0 bridgehead atoms. The smallest absolute Gasteiger partial charge is 0.234 e. The number of thioether (sulfide) groups is 1. The Kier molecular flexibility index (Phi) is 4.20. The number of carbonyl (C=O) groups is 1. The summed E-state index contributed by atoms with van der Waals surface area (Å²) in [5, 5.41) is 2.72. The predicted octanol–water partition coefficient (Wildman–Crippen LogP) is -0.650. The van der Waals surface area contributed by atoms with E-state index < -0.39 is 0 Å². The normalized spacial score (nSPS) is 18.9. The third-order valence-electron chi connectivity index (χ3n) is 3.30. The lowest BCUT2D eigenvalue weighted by Gasteiger charge is -2.32. The maximum Gasteiger partial charge on any atom is 0.234 e. The van der Waals surface area contributed by atoms with Gasteiger partial charge in [0.1, 0.15) is 17.1 Å². The lowest BCUT2D eigenvalue weighted by atomic mass is 10.3. The van der Waals surface area contributed by atoms with Crippen LogP contribution in [0.25, 0.3) is 11.2 Å². The molecule has 1 aliphatic rings. The molecule has 1 fully saturated rings. The molecule has 1 saturated heterocycles. The number of rotatable bonds is 4. The van der Waals surface area contributed by atoms with Gasteiger partial charge < -0.3 is 20.9 Å². The van der Waals surface area contributed by atoms with Crippen LogP contribution in [0.2, 0.25) is 0 Å². The van der Waals surface area contributed by atoms with E-state index in [1.54, 1.807) is 18.1 Å². The Morgan fingerprint density at radius 1 is 1.52 bits per heavy atom. The molecule has 0 aliphatic carbocycles. The highest BCUT2D eigenvalue weighted by molar-refractivity contribution is 8.00. The van der Waals surface area contributed by atoms with Gasteiger partial charge in [0.2, 0.25) is 5.91 Å².